The zero-order valence-electron chi connectivity index (χ0n) is 10.0. The molecule has 0 atom stereocenters. The smallest absolute Gasteiger partial charge is 0.246 e. The highest BCUT2D eigenvalue weighted by Crippen LogP contribution is 2.14. The van der Waals surface area contributed by atoms with Crippen molar-refractivity contribution in [3.05, 3.63) is 16.1 Å². The van der Waals surface area contributed by atoms with Gasteiger partial charge in [-0.3, -0.25) is 4.79 Å². The van der Waals surface area contributed by atoms with Crippen LogP contribution in [0.5, 0.6) is 0 Å². The summed E-state index contributed by atoms with van der Waals surface area (Å²) in [5.74, 6) is -0.0718. The van der Waals surface area contributed by atoms with Crippen LogP contribution in [0.3, 0.4) is 0 Å². The first kappa shape index (κ1) is 12.2. The Hall–Kier alpha value is -1.23. The van der Waals surface area contributed by atoms with Crippen LogP contribution in [0, 0.1) is 6.92 Å². The molecular formula is C12H17N3OS. The van der Waals surface area contributed by atoms with Gasteiger partial charge in [-0.05, 0) is 32.6 Å². The summed E-state index contributed by atoms with van der Waals surface area (Å²) in [5.41, 5.74) is 4.72. The number of thiazole rings is 1. The van der Waals surface area contributed by atoms with Crippen LogP contribution >= 0.6 is 11.3 Å². The van der Waals surface area contributed by atoms with E-state index in [1.165, 1.54) is 30.6 Å². The van der Waals surface area contributed by atoms with E-state index < -0.39 is 0 Å². The van der Waals surface area contributed by atoms with Crippen LogP contribution < -0.4 is 5.43 Å². The number of amides is 1. The second kappa shape index (κ2) is 5.91. The molecule has 0 aromatic carbocycles. The van der Waals surface area contributed by atoms with Crippen LogP contribution in [-0.2, 0) is 11.2 Å². The Bertz CT molecular complexity index is 417. The topological polar surface area (TPSA) is 54.4 Å². The molecule has 1 saturated carbocycles. The third-order valence-corrected chi connectivity index (χ3v) is 3.71. The lowest BCUT2D eigenvalue weighted by atomic mass is 9.99. The van der Waals surface area contributed by atoms with Gasteiger partial charge < -0.3 is 0 Å². The fourth-order valence-corrected chi connectivity index (χ4v) is 2.64. The van der Waals surface area contributed by atoms with E-state index in [1.807, 2.05) is 12.3 Å². The van der Waals surface area contributed by atoms with Crippen molar-refractivity contribution in [3.8, 4) is 0 Å². The van der Waals surface area contributed by atoms with Gasteiger partial charge in [0.2, 0.25) is 5.91 Å². The van der Waals surface area contributed by atoms with E-state index in [1.54, 1.807) is 0 Å². The van der Waals surface area contributed by atoms with Gasteiger partial charge in [-0.2, -0.15) is 5.10 Å². The number of carbonyl (C=O) groups is 1. The Balaban J connectivity index is 1.81. The van der Waals surface area contributed by atoms with E-state index >= 15 is 0 Å². The van der Waals surface area contributed by atoms with E-state index in [0.29, 0.717) is 6.42 Å². The summed E-state index contributed by atoms with van der Waals surface area (Å²) in [6.07, 6.45) is 6.05. The molecule has 5 heteroatoms. The van der Waals surface area contributed by atoms with Gasteiger partial charge in [-0.15, -0.1) is 11.3 Å². The third-order valence-electron chi connectivity index (χ3n) is 2.75. The molecule has 0 bridgehead atoms. The van der Waals surface area contributed by atoms with Gasteiger partial charge >= 0.3 is 0 Å². The molecule has 1 aromatic rings. The fraction of sp³-hybridized carbons (Fsp3) is 0.583. The maximum Gasteiger partial charge on any atom is 0.246 e. The Labute approximate surface area is 105 Å². The lowest BCUT2D eigenvalue weighted by Crippen LogP contribution is -2.22. The molecule has 2 rings (SSSR count). The number of aryl methyl sites for hydroxylation is 1. The molecule has 0 unspecified atom stereocenters. The van der Waals surface area contributed by atoms with E-state index in [4.69, 9.17) is 0 Å². The van der Waals surface area contributed by atoms with E-state index in [0.717, 1.165) is 29.3 Å². The van der Waals surface area contributed by atoms with E-state index in [9.17, 15) is 4.79 Å². The van der Waals surface area contributed by atoms with Crippen molar-refractivity contribution in [2.45, 2.75) is 45.4 Å². The molecule has 1 heterocycles. The van der Waals surface area contributed by atoms with Gasteiger partial charge in [0.05, 0.1) is 6.42 Å². The number of nitrogens with one attached hydrogen (secondary N) is 1. The van der Waals surface area contributed by atoms with Gasteiger partial charge in [-0.25, -0.2) is 10.4 Å². The Kier molecular flexibility index (Phi) is 4.25. The summed E-state index contributed by atoms with van der Waals surface area (Å²) >= 11 is 1.52. The molecule has 17 heavy (non-hydrogen) atoms. The molecular weight excluding hydrogens is 234 g/mol. The molecule has 1 fully saturated rings. The molecule has 1 aliphatic carbocycles. The minimum Gasteiger partial charge on any atom is -0.273 e. The Morgan fingerprint density at radius 3 is 2.88 bits per heavy atom. The first-order valence-corrected chi connectivity index (χ1v) is 6.87. The summed E-state index contributed by atoms with van der Waals surface area (Å²) in [4.78, 5) is 15.9. The minimum absolute atomic E-state index is 0.0718. The molecule has 0 aliphatic heterocycles. The van der Waals surface area contributed by atoms with Crippen molar-refractivity contribution in [3.63, 3.8) is 0 Å². The molecule has 1 amide bonds. The zero-order chi connectivity index (χ0) is 12.1. The van der Waals surface area contributed by atoms with Crippen LogP contribution in [0.25, 0.3) is 0 Å². The van der Waals surface area contributed by atoms with Gasteiger partial charge in [0.15, 0.2) is 0 Å². The number of hydrogen-bond acceptors (Lipinski definition) is 4. The standard InChI is InChI=1S/C12H17N3OS/c1-9-8-17-12(13-9)7-11(16)15-14-10-5-3-2-4-6-10/h8H,2-7H2,1H3,(H,15,16). The fourth-order valence-electron chi connectivity index (χ4n) is 1.87. The van der Waals surface area contributed by atoms with Crippen LogP contribution in [0.4, 0.5) is 0 Å². The lowest BCUT2D eigenvalue weighted by Gasteiger charge is -2.11. The van der Waals surface area contributed by atoms with Crippen LogP contribution in [0.1, 0.15) is 42.8 Å². The number of aromatic nitrogens is 1. The Morgan fingerprint density at radius 1 is 1.47 bits per heavy atom. The SMILES string of the molecule is Cc1csc(CC(=O)NN=C2CCCCC2)n1. The van der Waals surface area contributed by atoms with Crippen molar-refractivity contribution in [2.24, 2.45) is 5.10 Å². The molecule has 0 radical (unpaired) electrons. The van der Waals surface area contributed by atoms with Gasteiger partial charge in [-0.1, -0.05) is 6.42 Å². The second-order valence-corrected chi connectivity index (χ2v) is 5.28. The molecule has 0 saturated heterocycles. The predicted molar refractivity (Wildman–Crippen MR) is 69.2 cm³/mol. The average molecular weight is 251 g/mol. The van der Waals surface area contributed by atoms with Crippen molar-refractivity contribution >= 4 is 23.0 Å². The molecule has 0 spiro atoms. The highest BCUT2D eigenvalue weighted by atomic mass is 32.1. The summed E-state index contributed by atoms with van der Waals surface area (Å²) in [7, 11) is 0. The first-order valence-electron chi connectivity index (χ1n) is 5.99. The van der Waals surface area contributed by atoms with Crippen molar-refractivity contribution < 1.29 is 4.79 Å². The van der Waals surface area contributed by atoms with Gasteiger partial charge in [0.1, 0.15) is 5.01 Å². The maximum atomic E-state index is 11.6. The molecule has 4 nitrogen and oxygen atoms in total. The van der Waals surface area contributed by atoms with Crippen molar-refractivity contribution in [2.75, 3.05) is 0 Å². The quantitative estimate of drug-likeness (QED) is 0.839. The summed E-state index contributed by atoms with van der Waals surface area (Å²) in [5, 5.41) is 6.98. The molecule has 1 aliphatic rings. The zero-order valence-corrected chi connectivity index (χ0v) is 10.8. The van der Waals surface area contributed by atoms with Crippen molar-refractivity contribution in [1.29, 1.82) is 0 Å². The third kappa shape index (κ3) is 3.93. The normalized spacial score (nSPS) is 15.7. The lowest BCUT2D eigenvalue weighted by molar-refractivity contribution is -0.120. The van der Waals surface area contributed by atoms with E-state index in [-0.39, 0.29) is 5.91 Å². The van der Waals surface area contributed by atoms with Crippen molar-refractivity contribution in [1.82, 2.24) is 10.4 Å². The number of rotatable bonds is 3. The van der Waals surface area contributed by atoms with Gasteiger partial charge in [0.25, 0.3) is 0 Å². The maximum absolute atomic E-state index is 11.6. The molecule has 1 aromatic heterocycles. The highest BCUT2D eigenvalue weighted by molar-refractivity contribution is 7.09. The second-order valence-electron chi connectivity index (χ2n) is 4.33. The summed E-state index contributed by atoms with van der Waals surface area (Å²) in [6, 6.07) is 0. The largest absolute Gasteiger partial charge is 0.273 e. The highest BCUT2D eigenvalue weighted by Gasteiger charge is 2.09. The molecule has 92 valence electrons. The minimum atomic E-state index is -0.0718. The van der Waals surface area contributed by atoms with Crippen LogP contribution in [-0.4, -0.2) is 16.6 Å². The summed E-state index contributed by atoms with van der Waals surface area (Å²) in [6.45, 7) is 1.93. The summed E-state index contributed by atoms with van der Waals surface area (Å²) < 4.78 is 0. The van der Waals surface area contributed by atoms with E-state index in [2.05, 4.69) is 15.5 Å². The Morgan fingerprint density at radius 2 is 2.24 bits per heavy atom. The van der Waals surface area contributed by atoms with Crippen LogP contribution in [0.15, 0.2) is 10.5 Å². The number of nitrogens with zero attached hydrogens (tertiary/aromatic N) is 2. The number of hydrogen-bond donors (Lipinski definition) is 1. The number of carbonyl (C=O) groups excluding carboxylic acids is 1. The van der Waals surface area contributed by atoms with Gasteiger partial charge in [0, 0.05) is 16.8 Å². The predicted octanol–water partition coefficient (Wildman–Crippen LogP) is 2.43. The van der Waals surface area contributed by atoms with Crippen LogP contribution in [0.2, 0.25) is 0 Å². The first-order chi connectivity index (χ1) is 8.24. The monoisotopic (exact) mass is 251 g/mol. The molecule has 1 N–H and O–H groups in total. The average Bonchev–Trinajstić information content (AvgIpc) is 2.73. The number of hydrazone groups is 1.